The Kier molecular flexibility index (Phi) is 5.66. The van der Waals surface area contributed by atoms with Crippen LogP contribution in [0.2, 0.25) is 0 Å². The smallest absolute Gasteiger partial charge is 0.265 e. The minimum absolute atomic E-state index is 0.0533. The van der Waals surface area contributed by atoms with Crippen LogP contribution in [0.15, 0.2) is 52.9 Å². The Hall–Kier alpha value is -3.19. The number of rotatable bonds is 5. The molecule has 0 bridgehead atoms. The molecule has 0 N–H and O–H groups in total. The van der Waals surface area contributed by atoms with Crippen molar-refractivity contribution in [1.29, 1.82) is 0 Å². The number of likely N-dealkylation sites (tertiary alicyclic amines) is 1. The van der Waals surface area contributed by atoms with Gasteiger partial charge in [0.1, 0.15) is 27.8 Å². The number of amides is 1. The number of aromatic nitrogens is 2. The van der Waals surface area contributed by atoms with Gasteiger partial charge in [-0.3, -0.25) is 4.79 Å². The van der Waals surface area contributed by atoms with Crippen LogP contribution in [0.4, 0.5) is 0 Å². The summed E-state index contributed by atoms with van der Waals surface area (Å²) in [5, 5.41) is 0.813. The van der Waals surface area contributed by atoms with E-state index in [0.29, 0.717) is 24.6 Å². The van der Waals surface area contributed by atoms with Gasteiger partial charge in [-0.05, 0) is 51.0 Å². The van der Waals surface area contributed by atoms with E-state index in [-0.39, 0.29) is 11.8 Å². The van der Waals surface area contributed by atoms with Crippen molar-refractivity contribution in [3.8, 4) is 5.75 Å². The Bertz CT molecular complexity index is 1200. The van der Waals surface area contributed by atoms with Gasteiger partial charge < -0.3 is 14.1 Å². The molecule has 6 nitrogen and oxygen atoms in total. The van der Waals surface area contributed by atoms with E-state index in [2.05, 4.69) is 9.97 Å². The number of hydrogen-bond acceptors (Lipinski definition) is 6. The van der Waals surface area contributed by atoms with Gasteiger partial charge in [0.05, 0.1) is 5.69 Å². The molecule has 32 heavy (non-hydrogen) atoms. The van der Waals surface area contributed by atoms with Crippen LogP contribution in [0.1, 0.15) is 50.6 Å². The number of thiazole rings is 1. The van der Waals surface area contributed by atoms with Crippen LogP contribution in [-0.4, -0.2) is 33.9 Å². The minimum atomic E-state index is 0.0533. The number of piperidine rings is 1. The molecule has 2 aromatic carbocycles. The molecule has 1 aliphatic rings. The maximum Gasteiger partial charge on any atom is 0.265 e. The zero-order valence-corrected chi connectivity index (χ0v) is 19.0. The van der Waals surface area contributed by atoms with Crippen LogP contribution in [0.3, 0.4) is 0 Å². The Morgan fingerprint density at radius 1 is 1.09 bits per heavy atom. The lowest BCUT2D eigenvalue weighted by Crippen LogP contribution is -2.37. The second kappa shape index (κ2) is 8.74. The molecule has 0 saturated carbocycles. The predicted molar refractivity (Wildman–Crippen MR) is 124 cm³/mol. The van der Waals surface area contributed by atoms with Crippen molar-refractivity contribution >= 4 is 28.3 Å². The average Bonchev–Trinajstić information content (AvgIpc) is 3.42. The SMILES string of the molecule is Cc1ccc(OCc2nc(C)c(C(=O)N3CCC(c4nc5ccccc5o4)CC3)s2)cc1. The van der Waals surface area contributed by atoms with Crippen LogP contribution in [-0.2, 0) is 6.61 Å². The standard InChI is InChI=1S/C25H25N3O3S/c1-16-7-9-19(10-8-16)30-15-22-26-17(2)23(32-22)25(29)28-13-11-18(12-14-28)24-27-20-5-3-4-6-21(20)31-24/h3-10,18H,11-15H2,1-2H3. The van der Waals surface area contributed by atoms with Crippen molar-refractivity contribution in [2.45, 2.75) is 39.2 Å². The third-order valence-corrected chi connectivity index (χ3v) is 6.98. The molecular formula is C25H25N3O3S. The number of para-hydroxylation sites is 2. The van der Waals surface area contributed by atoms with Gasteiger partial charge >= 0.3 is 0 Å². The van der Waals surface area contributed by atoms with Crippen LogP contribution in [0.5, 0.6) is 5.75 Å². The third-order valence-electron chi connectivity index (χ3n) is 5.86. The van der Waals surface area contributed by atoms with E-state index in [1.54, 1.807) is 0 Å². The summed E-state index contributed by atoms with van der Waals surface area (Å²) in [5.41, 5.74) is 3.67. The highest BCUT2D eigenvalue weighted by atomic mass is 32.1. The highest BCUT2D eigenvalue weighted by molar-refractivity contribution is 7.13. The van der Waals surface area contributed by atoms with Crippen molar-refractivity contribution < 1.29 is 13.9 Å². The summed E-state index contributed by atoms with van der Waals surface area (Å²) in [7, 11) is 0. The lowest BCUT2D eigenvalue weighted by atomic mass is 9.96. The first-order chi connectivity index (χ1) is 15.6. The van der Waals surface area contributed by atoms with Crippen LogP contribution in [0, 0.1) is 13.8 Å². The average molecular weight is 448 g/mol. The summed E-state index contributed by atoms with van der Waals surface area (Å²) in [6, 6.07) is 15.8. The Balaban J connectivity index is 1.20. The van der Waals surface area contributed by atoms with E-state index in [1.807, 2.05) is 67.3 Å². The molecule has 0 unspecified atom stereocenters. The van der Waals surface area contributed by atoms with Crippen molar-refractivity contribution in [3.05, 3.63) is 75.6 Å². The molecule has 0 spiro atoms. The van der Waals surface area contributed by atoms with Crippen molar-refractivity contribution in [3.63, 3.8) is 0 Å². The van der Waals surface area contributed by atoms with E-state index in [1.165, 1.54) is 16.9 Å². The summed E-state index contributed by atoms with van der Waals surface area (Å²) in [6.45, 7) is 5.68. The zero-order valence-electron chi connectivity index (χ0n) is 18.2. The predicted octanol–water partition coefficient (Wildman–Crippen LogP) is 5.50. The van der Waals surface area contributed by atoms with Gasteiger partial charge in [-0.15, -0.1) is 11.3 Å². The number of aryl methyl sites for hydroxylation is 2. The topological polar surface area (TPSA) is 68.5 Å². The van der Waals surface area contributed by atoms with Crippen molar-refractivity contribution in [2.24, 2.45) is 0 Å². The fourth-order valence-electron chi connectivity index (χ4n) is 4.03. The van der Waals surface area contributed by atoms with Gasteiger partial charge in [0.25, 0.3) is 5.91 Å². The second-order valence-corrected chi connectivity index (χ2v) is 9.29. The van der Waals surface area contributed by atoms with E-state index in [0.717, 1.165) is 46.3 Å². The van der Waals surface area contributed by atoms with Crippen molar-refractivity contribution in [2.75, 3.05) is 13.1 Å². The van der Waals surface area contributed by atoms with Crippen molar-refractivity contribution in [1.82, 2.24) is 14.9 Å². The summed E-state index contributed by atoms with van der Waals surface area (Å²) in [5.74, 6) is 1.88. The molecule has 3 heterocycles. The number of benzene rings is 2. The summed E-state index contributed by atoms with van der Waals surface area (Å²) in [6.07, 6.45) is 1.69. The van der Waals surface area contributed by atoms with Gasteiger partial charge in [0, 0.05) is 19.0 Å². The molecule has 0 atom stereocenters. The van der Waals surface area contributed by atoms with Crippen LogP contribution < -0.4 is 4.74 Å². The lowest BCUT2D eigenvalue weighted by molar-refractivity contribution is 0.0710. The molecule has 1 amide bonds. The number of hydrogen-bond donors (Lipinski definition) is 0. The molecule has 0 aliphatic carbocycles. The van der Waals surface area contributed by atoms with Gasteiger partial charge in [-0.25, -0.2) is 9.97 Å². The molecule has 1 fully saturated rings. The quantitative estimate of drug-likeness (QED) is 0.404. The Labute approximate surface area is 190 Å². The highest BCUT2D eigenvalue weighted by Gasteiger charge is 2.29. The van der Waals surface area contributed by atoms with E-state index in [9.17, 15) is 4.79 Å². The number of oxazole rings is 1. The first-order valence-corrected chi connectivity index (χ1v) is 11.7. The normalized spacial score (nSPS) is 14.8. The molecule has 7 heteroatoms. The number of carbonyl (C=O) groups is 1. The van der Waals surface area contributed by atoms with Gasteiger partial charge in [0.2, 0.25) is 0 Å². The largest absolute Gasteiger partial charge is 0.486 e. The monoisotopic (exact) mass is 447 g/mol. The van der Waals surface area contributed by atoms with Gasteiger partial charge in [-0.1, -0.05) is 29.8 Å². The number of ether oxygens (including phenoxy) is 1. The first-order valence-electron chi connectivity index (χ1n) is 10.9. The van der Waals surface area contributed by atoms with E-state index < -0.39 is 0 Å². The van der Waals surface area contributed by atoms with Gasteiger partial charge in [0.15, 0.2) is 11.5 Å². The van der Waals surface area contributed by atoms with E-state index >= 15 is 0 Å². The second-order valence-electron chi connectivity index (χ2n) is 8.21. The molecule has 2 aromatic heterocycles. The number of carbonyl (C=O) groups excluding carboxylic acids is 1. The van der Waals surface area contributed by atoms with Gasteiger partial charge in [-0.2, -0.15) is 0 Å². The number of nitrogens with zero attached hydrogens (tertiary/aromatic N) is 3. The maximum absolute atomic E-state index is 13.1. The first kappa shape index (κ1) is 20.7. The lowest BCUT2D eigenvalue weighted by Gasteiger charge is -2.30. The van der Waals surface area contributed by atoms with Crippen LogP contribution in [0.25, 0.3) is 11.1 Å². The molecule has 1 aliphatic heterocycles. The molecule has 164 valence electrons. The third kappa shape index (κ3) is 4.25. The molecule has 1 saturated heterocycles. The molecule has 4 aromatic rings. The maximum atomic E-state index is 13.1. The fraction of sp³-hybridized carbons (Fsp3) is 0.320. The molecule has 5 rings (SSSR count). The zero-order chi connectivity index (χ0) is 22.1. The summed E-state index contributed by atoms with van der Waals surface area (Å²) in [4.78, 5) is 25.0. The molecular weight excluding hydrogens is 422 g/mol. The molecule has 0 radical (unpaired) electrons. The Morgan fingerprint density at radius 3 is 2.59 bits per heavy atom. The Morgan fingerprint density at radius 2 is 1.84 bits per heavy atom. The highest BCUT2D eigenvalue weighted by Crippen LogP contribution is 2.31. The fourth-order valence-corrected chi connectivity index (χ4v) is 4.98. The minimum Gasteiger partial charge on any atom is -0.486 e. The summed E-state index contributed by atoms with van der Waals surface area (Å²) < 4.78 is 11.8. The summed E-state index contributed by atoms with van der Waals surface area (Å²) >= 11 is 1.43. The van der Waals surface area contributed by atoms with E-state index in [4.69, 9.17) is 9.15 Å². The van der Waals surface area contributed by atoms with Crippen LogP contribution >= 0.6 is 11.3 Å². The number of fused-ring (bicyclic) bond motifs is 1.